The lowest BCUT2D eigenvalue weighted by molar-refractivity contribution is -0.150. The van der Waals surface area contributed by atoms with Crippen LogP contribution in [0.3, 0.4) is 0 Å². The van der Waals surface area contributed by atoms with E-state index in [4.69, 9.17) is 4.74 Å². The van der Waals surface area contributed by atoms with Crippen molar-refractivity contribution in [3.63, 3.8) is 0 Å². The topological polar surface area (TPSA) is 100 Å². The maximum absolute atomic E-state index is 13.4. The number of pyridine rings is 1. The van der Waals surface area contributed by atoms with Gasteiger partial charge in [0.25, 0.3) is 5.91 Å². The Hall–Kier alpha value is -4.04. The fourth-order valence-electron chi connectivity index (χ4n) is 4.82. The van der Waals surface area contributed by atoms with E-state index in [1.165, 1.54) is 5.56 Å². The number of carbonyl (C=O) groups is 2. The van der Waals surface area contributed by atoms with Crippen LogP contribution in [0.4, 0.5) is 0 Å². The molecule has 8 nitrogen and oxygen atoms in total. The first-order valence-corrected chi connectivity index (χ1v) is 12.2. The van der Waals surface area contributed by atoms with Gasteiger partial charge >= 0.3 is 5.97 Å². The van der Waals surface area contributed by atoms with Crippen molar-refractivity contribution in [3.8, 4) is 11.3 Å². The number of nitrogens with zero attached hydrogens (tertiary/aromatic N) is 3. The van der Waals surface area contributed by atoms with Crippen molar-refractivity contribution in [2.24, 2.45) is 5.92 Å². The molecule has 36 heavy (non-hydrogen) atoms. The highest BCUT2D eigenvalue weighted by Crippen LogP contribution is 2.27. The standard InChI is InChI=1S/C28H29N5O3/c1-2-36-28(35)22-12-15-33(17-19-6-4-3-5-7-19)18-25(22)30-27(34)21-8-9-24-23(16-21)26(32-31-24)20-10-13-29-14-11-20/h3-11,13-14,16,22,25H,2,12,15,17-18H2,1H3,(H,30,34)(H,31,32). The molecule has 5 rings (SSSR count). The van der Waals surface area contributed by atoms with Crippen LogP contribution in [0.5, 0.6) is 0 Å². The summed E-state index contributed by atoms with van der Waals surface area (Å²) >= 11 is 0. The third-order valence-electron chi connectivity index (χ3n) is 6.63. The number of hydrogen-bond acceptors (Lipinski definition) is 6. The summed E-state index contributed by atoms with van der Waals surface area (Å²) in [5, 5.41) is 11.5. The molecule has 0 aliphatic carbocycles. The number of esters is 1. The van der Waals surface area contributed by atoms with Gasteiger partial charge in [-0.1, -0.05) is 30.3 Å². The quantitative estimate of drug-likeness (QED) is 0.388. The van der Waals surface area contributed by atoms with E-state index < -0.39 is 0 Å². The Morgan fingerprint density at radius 2 is 1.92 bits per heavy atom. The SMILES string of the molecule is CCOC(=O)C1CCN(Cc2ccccc2)CC1NC(=O)c1ccc2[nH]nc(-c3ccncc3)c2c1. The molecular weight excluding hydrogens is 454 g/mol. The molecule has 0 bridgehead atoms. The van der Waals surface area contributed by atoms with Crippen LogP contribution < -0.4 is 5.32 Å². The number of piperidine rings is 1. The molecule has 1 aliphatic rings. The number of aromatic nitrogens is 3. The van der Waals surface area contributed by atoms with Gasteiger partial charge in [-0.15, -0.1) is 0 Å². The van der Waals surface area contributed by atoms with Crippen molar-refractivity contribution in [1.29, 1.82) is 0 Å². The lowest BCUT2D eigenvalue weighted by Gasteiger charge is -2.37. The Morgan fingerprint density at radius 3 is 2.69 bits per heavy atom. The van der Waals surface area contributed by atoms with Crippen LogP contribution in [0.2, 0.25) is 0 Å². The number of carbonyl (C=O) groups excluding carboxylic acids is 2. The molecule has 184 valence electrons. The van der Waals surface area contributed by atoms with Crippen LogP contribution in [0.25, 0.3) is 22.2 Å². The summed E-state index contributed by atoms with van der Waals surface area (Å²) in [6.45, 7) is 4.22. The van der Waals surface area contributed by atoms with Crippen molar-refractivity contribution in [2.75, 3.05) is 19.7 Å². The molecule has 1 aliphatic heterocycles. The van der Waals surface area contributed by atoms with Crippen LogP contribution in [-0.4, -0.2) is 57.7 Å². The maximum Gasteiger partial charge on any atom is 0.311 e. The van der Waals surface area contributed by atoms with Gasteiger partial charge in [-0.3, -0.25) is 24.6 Å². The normalized spacial score (nSPS) is 18.1. The largest absolute Gasteiger partial charge is 0.466 e. The van der Waals surface area contributed by atoms with Crippen LogP contribution >= 0.6 is 0 Å². The van der Waals surface area contributed by atoms with Crippen molar-refractivity contribution >= 4 is 22.8 Å². The van der Waals surface area contributed by atoms with Gasteiger partial charge in [0.2, 0.25) is 0 Å². The van der Waals surface area contributed by atoms with Crippen molar-refractivity contribution < 1.29 is 14.3 Å². The summed E-state index contributed by atoms with van der Waals surface area (Å²) in [6.07, 6.45) is 4.06. The van der Waals surface area contributed by atoms with Crippen molar-refractivity contribution in [3.05, 3.63) is 84.2 Å². The molecule has 0 radical (unpaired) electrons. The molecule has 1 saturated heterocycles. The van der Waals surface area contributed by atoms with Crippen LogP contribution in [0.15, 0.2) is 73.1 Å². The minimum atomic E-state index is -0.383. The first-order chi connectivity index (χ1) is 17.6. The minimum Gasteiger partial charge on any atom is -0.466 e. The monoisotopic (exact) mass is 483 g/mol. The first-order valence-electron chi connectivity index (χ1n) is 12.2. The van der Waals surface area contributed by atoms with Gasteiger partial charge in [0.05, 0.1) is 24.1 Å². The summed E-state index contributed by atoms with van der Waals surface area (Å²) in [4.78, 5) is 32.5. The highest BCUT2D eigenvalue weighted by molar-refractivity contribution is 6.01. The summed E-state index contributed by atoms with van der Waals surface area (Å²) in [5.41, 5.74) is 4.24. The molecule has 2 atom stereocenters. The van der Waals surface area contributed by atoms with Gasteiger partial charge in [-0.05, 0) is 55.8 Å². The van der Waals surface area contributed by atoms with Gasteiger partial charge < -0.3 is 10.1 Å². The maximum atomic E-state index is 13.4. The van der Waals surface area contributed by atoms with Crippen LogP contribution in [0, 0.1) is 5.92 Å². The van der Waals surface area contributed by atoms with Crippen LogP contribution in [0.1, 0.15) is 29.3 Å². The van der Waals surface area contributed by atoms with Gasteiger partial charge in [0, 0.05) is 42.0 Å². The number of hydrogen-bond donors (Lipinski definition) is 2. The zero-order chi connectivity index (χ0) is 24.9. The predicted molar refractivity (Wildman–Crippen MR) is 137 cm³/mol. The molecular formula is C28H29N5O3. The van der Waals surface area contributed by atoms with E-state index in [0.717, 1.165) is 35.2 Å². The van der Waals surface area contributed by atoms with Crippen molar-refractivity contribution in [2.45, 2.75) is 25.9 Å². The molecule has 8 heteroatoms. The van der Waals surface area contributed by atoms with Gasteiger partial charge in [0.1, 0.15) is 5.69 Å². The number of aromatic amines is 1. The Morgan fingerprint density at radius 1 is 1.11 bits per heavy atom. The average molecular weight is 484 g/mol. The van der Waals surface area contributed by atoms with E-state index in [2.05, 4.69) is 37.5 Å². The number of likely N-dealkylation sites (tertiary alicyclic amines) is 1. The highest BCUT2D eigenvalue weighted by Gasteiger charge is 2.36. The van der Waals surface area contributed by atoms with Gasteiger partial charge in [-0.25, -0.2) is 0 Å². The lowest BCUT2D eigenvalue weighted by atomic mass is 9.90. The fourth-order valence-corrected chi connectivity index (χ4v) is 4.82. The number of fused-ring (bicyclic) bond motifs is 1. The Kier molecular flexibility index (Phi) is 7.04. The number of benzene rings is 2. The first kappa shape index (κ1) is 23.7. The third kappa shape index (κ3) is 5.13. The molecule has 2 N–H and O–H groups in total. The van der Waals surface area contributed by atoms with E-state index in [1.54, 1.807) is 25.4 Å². The predicted octanol–water partition coefficient (Wildman–Crippen LogP) is 3.81. The lowest BCUT2D eigenvalue weighted by Crippen LogP contribution is -2.54. The number of rotatable bonds is 7. The Bertz CT molecular complexity index is 1340. The van der Waals surface area contributed by atoms with Crippen LogP contribution in [-0.2, 0) is 16.1 Å². The zero-order valence-electron chi connectivity index (χ0n) is 20.2. The third-order valence-corrected chi connectivity index (χ3v) is 6.63. The smallest absolute Gasteiger partial charge is 0.311 e. The number of amides is 1. The number of nitrogens with one attached hydrogen (secondary N) is 2. The van der Waals surface area contributed by atoms with E-state index in [0.29, 0.717) is 25.1 Å². The Balaban J connectivity index is 1.37. The second kappa shape index (κ2) is 10.7. The molecule has 1 fully saturated rings. The summed E-state index contributed by atoms with van der Waals surface area (Å²) in [5.74, 6) is -0.863. The van der Waals surface area contributed by atoms with Gasteiger partial charge in [-0.2, -0.15) is 5.10 Å². The van der Waals surface area contributed by atoms with E-state index >= 15 is 0 Å². The second-order valence-corrected chi connectivity index (χ2v) is 9.02. The van der Waals surface area contributed by atoms with E-state index in [-0.39, 0.29) is 23.8 Å². The van der Waals surface area contributed by atoms with E-state index in [9.17, 15) is 9.59 Å². The average Bonchev–Trinajstić information content (AvgIpc) is 3.33. The summed E-state index contributed by atoms with van der Waals surface area (Å²) in [7, 11) is 0. The molecule has 2 aromatic carbocycles. The summed E-state index contributed by atoms with van der Waals surface area (Å²) < 4.78 is 5.34. The molecule has 4 aromatic rings. The second-order valence-electron chi connectivity index (χ2n) is 9.02. The van der Waals surface area contributed by atoms with E-state index in [1.807, 2.05) is 42.5 Å². The molecule has 1 amide bonds. The van der Waals surface area contributed by atoms with Crippen molar-refractivity contribution in [1.82, 2.24) is 25.4 Å². The minimum absolute atomic E-state index is 0.223. The molecule has 2 unspecified atom stereocenters. The Labute approximate surface area is 209 Å². The molecule has 0 spiro atoms. The molecule has 3 heterocycles. The summed E-state index contributed by atoms with van der Waals surface area (Å²) in [6, 6.07) is 19.1. The fraction of sp³-hybridized carbons (Fsp3) is 0.286. The highest BCUT2D eigenvalue weighted by atomic mass is 16.5. The van der Waals surface area contributed by atoms with Gasteiger partial charge in [0.15, 0.2) is 0 Å². The number of ether oxygens (including phenoxy) is 1. The number of H-pyrrole nitrogens is 1. The zero-order valence-corrected chi connectivity index (χ0v) is 20.2. The molecule has 0 saturated carbocycles. The molecule has 2 aromatic heterocycles.